The van der Waals surface area contributed by atoms with Gasteiger partial charge in [0.15, 0.2) is 0 Å². The minimum atomic E-state index is -0.954. The highest BCUT2D eigenvalue weighted by atomic mass is 16.5. The zero-order valence-corrected chi connectivity index (χ0v) is 38.6. The lowest BCUT2D eigenvalue weighted by atomic mass is 9.91. The highest BCUT2D eigenvalue weighted by Crippen LogP contribution is 2.25. The Kier molecular flexibility index (Phi) is 53.7. The second-order valence-corrected chi connectivity index (χ2v) is 17.7. The lowest BCUT2D eigenvalue weighted by Crippen LogP contribution is -2.15. The van der Waals surface area contributed by atoms with Crippen molar-refractivity contribution in [2.75, 3.05) is 26.4 Å². The molecule has 0 aromatic heterocycles. The van der Waals surface area contributed by atoms with E-state index in [1.807, 2.05) is 0 Å². The van der Waals surface area contributed by atoms with Crippen LogP contribution in [0.5, 0.6) is 0 Å². The molecular weight excluding hydrogens is 677 g/mol. The van der Waals surface area contributed by atoms with Crippen molar-refractivity contribution in [3.8, 4) is 0 Å². The summed E-state index contributed by atoms with van der Waals surface area (Å²) in [6.07, 6.45) is 56.6. The molecule has 334 valence electrons. The zero-order chi connectivity index (χ0) is 40.6. The number of aliphatic hydroxyl groups is 3. The molecule has 0 aromatic rings. The molecule has 0 aliphatic carbocycles. The largest absolute Gasteiger partial charge is 0.394 e. The van der Waals surface area contributed by atoms with E-state index in [4.69, 9.17) is 20.1 Å². The van der Waals surface area contributed by atoms with E-state index >= 15 is 0 Å². The van der Waals surface area contributed by atoms with Gasteiger partial charge in [0, 0.05) is 13.2 Å². The van der Waals surface area contributed by atoms with Gasteiger partial charge in [-0.25, -0.2) is 0 Å². The van der Waals surface area contributed by atoms with Gasteiger partial charge >= 0.3 is 0 Å². The van der Waals surface area contributed by atoms with Gasteiger partial charge in [0.2, 0.25) is 0 Å². The molecule has 55 heavy (non-hydrogen) atoms. The number of hydrogen-bond donors (Lipinski definition) is 3. The van der Waals surface area contributed by atoms with Gasteiger partial charge in [-0.1, -0.05) is 272 Å². The third kappa shape index (κ3) is 49.9. The van der Waals surface area contributed by atoms with E-state index in [2.05, 4.69) is 27.7 Å². The van der Waals surface area contributed by atoms with Gasteiger partial charge in [0.1, 0.15) is 6.10 Å². The van der Waals surface area contributed by atoms with Gasteiger partial charge < -0.3 is 20.1 Å². The SMILES string of the molecule is CCCCCCCCCCCC(CCCCCCCCCC)CCOCCC(CCCCCCCCCC)CCCCCCCCCCC.OCC(O)CO. The standard InChI is InChI=1S/C48H98O.C3H8O3/c1-5-9-13-17-21-25-29-33-37-41-47(39-35-31-27-23-19-15-11-7-3)43-45-49-46-44-48(40-36-32-28-24-20-16-12-8-4)42-38-34-30-26-22-18-14-10-6-2;4-1-3(6)2-5/h47-48H,5-46H2,1-4H3;3-6H,1-2H2. The summed E-state index contributed by atoms with van der Waals surface area (Å²) in [5.74, 6) is 1.81. The van der Waals surface area contributed by atoms with Crippen LogP contribution in [-0.2, 0) is 4.74 Å². The number of unbranched alkanes of at least 4 members (excludes halogenated alkanes) is 30. The minimum Gasteiger partial charge on any atom is -0.394 e. The second-order valence-electron chi connectivity index (χ2n) is 17.7. The lowest BCUT2D eigenvalue weighted by molar-refractivity contribution is 0.0450. The number of aliphatic hydroxyl groups excluding tert-OH is 3. The van der Waals surface area contributed by atoms with Crippen molar-refractivity contribution in [1.82, 2.24) is 0 Å². The molecule has 0 rings (SSSR count). The highest BCUT2D eigenvalue weighted by Gasteiger charge is 2.12. The van der Waals surface area contributed by atoms with Crippen LogP contribution in [0.25, 0.3) is 0 Å². The maximum absolute atomic E-state index is 8.17. The van der Waals surface area contributed by atoms with Crippen molar-refractivity contribution in [2.45, 2.75) is 291 Å². The summed E-state index contributed by atoms with van der Waals surface area (Å²) in [5.41, 5.74) is 0. The van der Waals surface area contributed by atoms with Crippen LogP contribution in [0.15, 0.2) is 0 Å². The van der Waals surface area contributed by atoms with Crippen LogP contribution < -0.4 is 0 Å². The molecule has 0 amide bonds. The van der Waals surface area contributed by atoms with E-state index < -0.39 is 6.10 Å². The first-order chi connectivity index (χ1) is 27.1. The Balaban J connectivity index is 0. The Morgan fingerprint density at radius 2 is 0.491 bits per heavy atom. The first-order valence-electron chi connectivity index (χ1n) is 25.6. The van der Waals surface area contributed by atoms with Gasteiger partial charge in [-0.05, 0) is 24.7 Å². The van der Waals surface area contributed by atoms with E-state index in [1.54, 1.807) is 0 Å². The van der Waals surface area contributed by atoms with Crippen LogP contribution in [0.3, 0.4) is 0 Å². The third-order valence-electron chi connectivity index (χ3n) is 12.1. The molecule has 0 bridgehead atoms. The van der Waals surface area contributed by atoms with Crippen LogP contribution in [0, 0.1) is 11.8 Å². The summed E-state index contributed by atoms with van der Waals surface area (Å²) < 4.78 is 6.44. The molecular formula is C51H106O4. The molecule has 4 nitrogen and oxygen atoms in total. The fraction of sp³-hybridized carbons (Fsp3) is 1.00. The van der Waals surface area contributed by atoms with Gasteiger partial charge in [0.25, 0.3) is 0 Å². The third-order valence-corrected chi connectivity index (χ3v) is 12.1. The minimum absolute atomic E-state index is 0.365. The normalized spacial score (nSPS) is 12.7. The summed E-state index contributed by atoms with van der Waals surface area (Å²) in [7, 11) is 0. The van der Waals surface area contributed by atoms with E-state index in [0.717, 1.165) is 25.0 Å². The van der Waals surface area contributed by atoms with Crippen molar-refractivity contribution in [1.29, 1.82) is 0 Å². The Morgan fingerprint density at radius 1 is 0.291 bits per heavy atom. The maximum Gasteiger partial charge on any atom is 0.100 e. The molecule has 0 saturated heterocycles. The summed E-state index contributed by atoms with van der Waals surface area (Å²) in [5, 5.41) is 24.0. The van der Waals surface area contributed by atoms with E-state index in [-0.39, 0.29) is 13.2 Å². The Labute approximate surface area is 347 Å². The van der Waals surface area contributed by atoms with E-state index in [1.165, 1.54) is 257 Å². The Bertz CT molecular complexity index is 590. The topological polar surface area (TPSA) is 69.9 Å². The van der Waals surface area contributed by atoms with Gasteiger partial charge in [-0.15, -0.1) is 0 Å². The number of ether oxygens (including phenoxy) is 1. The quantitative estimate of drug-likeness (QED) is 0.0538. The molecule has 0 fully saturated rings. The predicted molar refractivity (Wildman–Crippen MR) is 245 cm³/mol. The summed E-state index contributed by atoms with van der Waals surface area (Å²) in [6, 6.07) is 0. The molecule has 0 radical (unpaired) electrons. The fourth-order valence-corrected chi connectivity index (χ4v) is 8.15. The first kappa shape index (κ1) is 56.9. The van der Waals surface area contributed by atoms with Crippen LogP contribution in [0.2, 0.25) is 0 Å². The Morgan fingerprint density at radius 3 is 0.673 bits per heavy atom. The summed E-state index contributed by atoms with van der Waals surface area (Å²) in [4.78, 5) is 0. The molecule has 2 atom stereocenters. The average Bonchev–Trinajstić information content (AvgIpc) is 3.20. The molecule has 0 aliphatic rings. The molecule has 2 unspecified atom stereocenters. The maximum atomic E-state index is 8.17. The molecule has 0 saturated carbocycles. The van der Waals surface area contributed by atoms with E-state index in [0.29, 0.717) is 0 Å². The molecule has 4 heteroatoms. The molecule has 3 N–H and O–H groups in total. The van der Waals surface area contributed by atoms with Gasteiger partial charge in [-0.2, -0.15) is 0 Å². The molecule has 0 aromatic carbocycles. The van der Waals surface area contributed by atoms with Crippen molar-refractivity contribution in [3.63, 3.8) is 0 Å². The first-order valence-corrected chi connectivity index (χ1v) is 25.6. The van der Waals surface area contributed by atoms with Crippen LogP contribution in [-0.4, -0.2) is 47.9 Å². The van der Waals surface area contributed by atoms with Crippen molar-refractivity contribution in [3.05, 3.63) is 0 Å². The molecule has 0 heterocycles. The van der Waals surface area contributed by atoms with Crippen LogP contribution >= 0.6 is 0 Å². The molecule has 0 spiro atoms. The molecule has 0 aliphatic heterocycles. The average molecular weight is 783 g/mol. The fourth-order valence-electron chi connectivity index (χ4n) is 8.15. The van der Waals surface area contributed by atoms with Gasteiger partial charge in [0.05, 0.1) is 13.2 Å². The highest BCUT2D eigenvalue weighted by molar-refractivity contribution is 4.64. The lowest BCUT2D eigenvalue weighted by Gasteiger charge is -2.19. The zero-order valence-electron chi connectivity index (χ0n) is 38.6. The predicted octanol–water partition coefficient (Wildman–Crippen LogP) is 16.3. The van der Waals surface area contributed by atoms with Crippen molar-refractivity contribution < 1.29 is 20.1 Å². The second kappa shape index (κ2) is 51.9. The monoisotopic (exact) mass is 783 g/mol. The number of hydrogen-bond acceptors (Lipinski definition) is 4. The van der Waals surface area contributed by atoms with E-state index in [9.17, 15) is 0 Å². The number of rotatable bonds is 46. The van der Waals surface area contributed by atoms with Gasteiger partial charge in [-0.3, -0.25) is 0 Å². The van der Waals surface area contributed by atoms with Crippen molar-refractivity contribution >= 4 is 0 Å². The van der Waals surface area contributed by atoms with Crippen molar-refractivity contribution in [2.24, 2.45) is 11.8 Å². The Hall–Kier alpha value is -0.160. The summed E-state index contributed by atoms with van der Waals surface area (Å²) >= 11 is 0. The smallest absolute Gasteiger partial charge is 0.100 e. The summed E-state index contributed by atoms with van der Waals surface area (Å²) in [6.45, 7) is 10.6. The van der Waals surface area contributed by atoms with Crippen LogP contribution in [0.1, 0.15) is 285 Å². The van der Waals surface area contributed by atoms with Crippen LogP contribution in [0.4, 0.5) is 0 Å².